The van der Waals surface area contributed by atoms with Crippen molar-refractivity contribution in [2.24, 2.45) is 11.3 Å². The number of aliphatic hydroxyl groups is 1. The van der Waals surface area contributed by atoms with Crippen LogP contribution in [0.1, 0.15) is 60.3 Å². The van der Waals surface area contributed by atoms with E-state index in [9.17, 15) is 9.90 Å². The summed E-state index contributed by atoms with van der Waals surface area (Å²) in [6.45, 7) is 10.1. The molecule has 201 valence electrons. The molecule has 1 aliphatic rings. The van der Waals surface area contributed by atoms with Crippen LogP contribution in [-0.2, 0) is 24.9 Å². The number of pyridine rings is 1. The Morgan fingerprint density at radius 1 is 1.00 bits per heavy atom. The van der Waals surface area contributed by atoms with Crippen LogP contribution in [-0.4, -0.2) is 15.9 Å². The third kappa shape index (κ3) is 5.85. The van der Waals surface area contributed by atoms with E-state index in [1.165, 1.54) is 6.08 Å². The molecule has 0 amide bonds. The second-order valence-corrected chi connectivity index (χ2v) is 9.92. The number of aliphatic hydroxyl groups excluding tert-OH is 1. The number of nitrogens with zero attached hydrogens (tertiary/aromatic N) is 1. The van der Waals surface area contributed by atoms with Gasteiger partial charge in [-0.1, -0.05) is 75.7 Å². The number of para-hydroxylation sites is 1. The molecule has 4 aromatic rings. The van der Waals surface area contributed by atoms with Gasteiger partial charge in [0.25, 0.3) is 0 Å². The van der Waals surface area contributed by atoms with Gasteiger partial charge in [-0.05, 0) is 43.9 Å². The molecule has 5 rings (SSSR count). The fourth-order valence-corrected chi connectivity index (χ4v) is 4.72. The number of carbonyl (C=O) groups excluding carboxylic acids is 1. The van der Waals surface area contributed by atoms with Crippen LogP contribution in [0.15, 0.2) is 72.5 Å². The first-order valence-electron chi connectivity index (χ1n) is 13.3. The molecule has 0 unspecified atom stereocenters. The summed E-state index contributed by atoms with van der Waals surface area (Å²) in [5, 5.41) is 13.4. The Kier molecular flexibility index (Phi) is 9.87. The maximum absolute atomic E-state index is 11.9. The van der Waals surface area contributed by atoms with Crippen LogP contribution in [0, 0.1) is 17.4 Å². The molecule has 2 heterocycles. The van der Waals surface area contributed by atoms with Gasteiger partial charge in [0.2, 0.25) is 0 Å². The first kappa shape index (κ1) is 29.5. The van der Waals surface area contributed by atoms with Gasteiger partial charge in [-0.3, -0.25) is 9.78 Å². The van der Waals surface area contributed by atoms with E-state index in [4.69, 9.17) is 9.72 Å². The Labute approximate surface area is 239 Å². The molecule has 0 spiro atoms. The summed E-state index contributed by atoms with van der Waals surface area (Å²) < 4.78 is 6.08. The molecule has 1 N–H and O–H groups in total. The second kappa shape index (κ2) is 12.7. The van der Waals surface area contributed by atoms with E-state index in [0.29, 0.717) is 0 Å². The quantitative estimate of drug-likeness (QED) is 0.105. The number of benzene rings is 3. The number of ether oxygens (including phenoxy) is 1. The van der Waals surface area contributed by atoms with Crippen molar-refractivity contribution in [3.05, 3.63) is 78.6 Å². The maximum Gasteiger partial charge on any atom is 0.162 e. The number of carbonyl (C=O) groups is 1. The summed E-state index contributed by atoms with van der Waals surface area (Å²) >= 11 is 0. The fraction of sp³-hybridized carbons (Fsp3) is 0.333. The van der Waals surface area contributed by atoms with Crippen LogP contribution in [0.4, 0.5) is 0 Å². The van der Waals surface area contributed by atoms with Gasteiger partial charge in [-0.15, -0.1) is 23.8 Å². The van der Waals surface area contributed by atoms with E-state index < -0.39 is 0 Å². The van der Waals surface area contributed by atoms with Gasteiger partial charge in [0, 0.05) is 48.6 Å². The summed E-state index contributed by atoms with van der Waals surface area (Å²) in [6.07, 6.45) is 4.83. The smallest absolute Gasteiger partial charge is 0.162 e. The Balaban J connectivity index is 0.000000215. The zero-order valence-electron chi connectivity index (χ0n) is 22.8. The molecule has 0 saturated carbocycles. The topological polar surface area (TPSA) is 59.4 Å². The summed E-state index contributed by atoms with van der Waals surface area (Å²) in [7, 11) is 0. The third-order valence-corrected chi connectivity index (χ3v) is 7.79. The molecule has 0 saturated heterocycles. The van der Waals surface area contributed by atoms with E-state index in [0.717, 1.165) is 70.1 Å². The standard InChI is InChI=1S/C19H10NO.C14H26O2.Ir/c1-2-9-15-13(5-1)11-17-19(20-15)14-8-3-6-12-7-4-10-16(21-17)18(12)14;1-6-11(7-2)12(15)10-13(16)14(5,8-3)9-4;/h1-7,9-11H;10-11,16H,6-9H2,1-5H3;/q-1;;/b;13-10-;. The number of hydrogen-bond donors (Lipinski definition) is 1. The predicted molar refractivity (Wildman–Crippen MR) is 152 cm³/mol. The minimum Gasteiger partial charge on any atom is -0.512 e. The largest absolute Gasteiger partial charge is 0.512 e. The molecule has 0 aliphatic carbocycles. The average molecular weight is 687 g/mol. The van der Waals surface area contributed by atoms with Gasteiger partial charge in [-0.25, -0.2) is 0 Å². The Hall–Kier alpha value is -3.01. The van der Waals surface area contributed by atoms with Gasteiger partial charge in [0.05, 0.1) is 11.3 Å². The van der Waals surface area contributed by atoms with Crippen LogP contribution in [0.2, 0.25) is 0 Å². The van der Waals surface area contributed by atoms with E-state index in [1.54, 1.807) is 0 Å². The van der Waals surface area contributed by atoms with Crippen molar-refractivity contribution >= 4 is 27.5 Å². The number of hydrogen-bond acceptors (Lipinski definition) is 4. The van der Waals surface area contributed by atoms with Crippen molar-refractivity contribution < 1.29 is 34.7 Å². The number of fused-ring (bicyclic) bond motifs is 3. The number of aromatic nitrogens is 1. The van der Waals surface area contributed by atoms with Crippen molar-refractivity contribution in [3.63, 3.8) is 0 Å². The molecule has 0 bridgehead atoms. The van der Waals surface area contributed by atoms with Gasteiger partial charge in [0.1, 0.15) is 11.5 Å². The van der Waals surface area contributed by atoms with Gasteiger partial charge in [0.15, 0.2) is 5.78 Å². The van der Waals surface area contributed by atoms with E-state index in [2.05, 4.69) is 30.3 Å². The van der Waals surface area contributed by atoms with Gasteiger partial charge < -0.3 is 9.84 Å². The van der Waals surface area contributed by atoms with E-state index >= 15 is 0 Å². The number of ketones is 1. The normalized spacial score (nSPS) is 12.3. The van der Waals surface area contributed by atoms with Gasteiger partial charge in [-0.2, -0.15) is 0 Å². The van der Waals surface area contributed by atoms with Crippen LogP contribution in [0.5, 0.6) is 11.5 Å². The molecule has 38 heavy (non-hydrogen) atoms. The maximum atomic E-state index is 11.9. The van der Waals surface area contributed by atoms with E-state index in [1.807, 2.05) is 71.0 Å². The van der Waals surface area contributed by atoms with Gasteiger partial charge >= 0.3 is 0 Å². The average Bonchev–Trinajstić information content (AvgIpc) is 2.93. The molecule has 0 fully saturated rings. The molecule has 5 heteroatoms. The van der Waals surface area contributed by atoms with Crippen molar-refractivity contribution in [2.45, 2.75) is 60.3 Å². The minimum atomic E-state index is -0.248. The molecule has 0 atom stereocenters. The van der Waals surface area contributed by atoms with Crippen molar-refractivity contribution in [2.75, 3.05) is 0 Å². The van der Waals surface area contributed by atoms with Crippen molar-refractivity contribution in [3.8, 4) is 22.8 Å². The van der Waals surface area contributed by atoms with Crippen molar-refractivity contribution in [1.29, 1.82) is 0 Å². The molecular formula is C33H36IrNO3-. The monoisotopic (exact) mass is 687 g/mol. The molecule has 1 aliphatic heterocycles. The molecule has 3 aromatic carbocycles. The molecular weight excluding hydrogens is 651 g/mol. The first-order chi connectivity index (χ1) is 17.8. The molecule has 4 nitrogen and oxygen atoms in total. The summed E-state index contributed by atoms with van der Waals surface area (Å²) in [6, 6.07) is 23.6. The molecule has 1 radical (unpaired) electrons. The van der Waals surface area contributed by atoms with Crippen LogP contribution in [0.25, 0.3) is 32.9 Å². The first-order valence-corrected chi connectivity index (χ1v) is 13.3. The SMILES string of the molecule is CCC(CC)C(=O)/C=C(\O)C(C)(CC)CC.[Ir].[c-]1ccc2cccc3c2c1-c1nc2ccccc2cc1O3. The Morgan fingerprint density at radius 3 is 2.37 bits per heavy atom. The van der Waals surface area contributed by atoms with Crippen LogP contribution in [0.3, 0.4) is 0 Å². The Bertz CT molecular complexity index is 1450. The number of allylic oxidation sites excluding steroid dienone is 2. The predicted octanol–water partition coefficient (Wildman–Crippen LogP) is 9.22. The van der Waals surface area contributed by atoms with E-state index in [-0.39, 0.29) is 43.0 Å². The molecule has 1 aromatic heterocycles. The van der Waals surface area contributed by atoms with Crippen LogP contribution >= 0.6 is 0 Å². The van der Waals surface area contributed by atoms with Crippen LogP contribution < -0.4 is 4.74 Å². The minimum absolute atomic E-state index is 0. The summed E-state index contributed by atoms with van der Waals surface area (Å²) in [4.78, 5) is 16.6. The number of rotatable bonds is 7. The third-order valence-electron chi connectivity index (χ3n) is 7.79. The fourth-order valence-electron chi connectivity index (χ4n) is 4.72. The van der Waals surface area contributed by atoms with Crippen molar-refractivity contribution in [1.82, 2.24) is 4.98 Å². The Morgan fingerprint density at radius 2 is 1.68 bits per heavy atom. The zero-order valence-corrected chi connectivity index (χ0v) is 25.2. The summed E-state index contributed by atoms with van der Waals surface area (Å²) in [5.41, 5.74) is 2.62. The second-order valence-electron chi connectivity index (χ2n) is 9.92. The summed E-state index contributed by atoms with van der Waals surface area (Å²) in [5.74, 6) is 2.05. The zero-order chi connectivity index (χ0) is 26.6.